The molecule has 2 N–H and O–H groups in total. The van der Waals surface area contributed by atoms with Gasteiger partial charge in [-0.05, 0) is 35.7 Å². The summed E-state index contributed by atoms with van der Waals surface area (Å²) in [5, 5.41) is 6.89. The van der Waals surface area contributed by atoms with Gasteiger partial charge in [0.15, 0.2) is 5.96 Å². The van der Waals surface area contributed by atoms with Gasteiger partial charge in [0.25, 0.3) is 0 Å². The number of aliphatic imine (C=N–C) groups is 1. The van der Waals surface area contributed by atoms with Crippen LogP contribution in [0.4, 0.5) is 5.69 Å². The second-order valence-corrected chi connectivity index (χ2v) is 6.46. The molecule has 0 atom stereocenters. The fourth-order valence-electron chi connectivity index (χ4n) is 2.62. The van der Waals surface area contributed by atoms with E-state index in [9.17, 15) is 4.79 Å². The molecule has 0 saturated carbocycles. The van der Waals surface area contributed by atoms with E-state index in [2.05, 4.69) is 15.6 Å². The molecule has 2 aromatic carbocycles. The van der Waals surface area contributed by atoms with Crippen LogP contribution in [0.25, 0.3) is 0 Å². The second-order valence-electron chi connectivity index (χ2n) is 6.05. The highest BCUT2D eigenvalue weighted by Gasteiger charge is 2.08. The van der Waals surface area contributed by atoms with Gasteiger partial charge in [-0.15, -0.1) is 24.0 Å². The van der Waals surface area contributed by atoms with Gasteiger partial charge >= 0.3 is 0 Å². The van der Waals surface area contributed by atoms with Crippen molar-refractivity contribution < 1.29 is 4.79 Å². The molecule has 0 aliphatic carbocycles. The minimum Gasteiger partial charge on any atom is -0.356 e. The first-order valence-corrected chi connectivity index (χ1v) is 8.89. The molecule has 2 aromatic rings. The van der Waals surface area contributed by atoms with E-state index in [-0.39, 0.29) is 29.9 Å². The van der Waals surface area contributed by atoms with E-state index < -0.39 is 0 Å². The third-order valence-electron chi connectivity index (χ3n) is 3.91. The number of hydrogen-bond donors (Lipinski definition) is 2. The Hall–Kier alpha value is -1.80. The molecule has 7 heteroatoms. The minimum atomic E-state index is -0.0650. The Morgan fingerprint density at radius 1 is 1.15 bits per heavy atom. The number of nitrogens with one attached hydrogen (secondary N) is 2. The van der Waals surface area contributed by atoms with Crippen LogP contribution < -0.4 is 10.6 Å². The van der Waals surface area contributed by atoms with Gasteiger partial charge in [-0.1, -0.05) is 41.9 Å². The molecule has 0 unspecified atom stereocenters. The van der Waals surface area contributed by atoms with Crippen LogP contribution in [0, 0.1) is 0 Å². The highest BCUT2D eigenvalue weighted by Crippen LogP contribution is 2.16. The molecule has 0 radical (unpaired) electrons. The predicted octanol–water partition coefficient (Wildman–Crippen LogP) is 4.17. The Morgan fingerprint density at radius 2 is 1.81 bits per heavy atom. The fourth-order valence-corrected chi connectivity index (χ4v) is 2.81. The summed E-state index contributed by atoms with van der Waals surface area (Å²) < 4.78 is 0. The third-order valence-corrected chi connectivity index (χ3v) is 4.28. The van der Waals surface area contributed by atoms with Crippen LogP contribution >= 0.6 is 35.6 Å². The van der Waals surface area contributed by atoms with Gasteiger partial charge in [0.05, 0.1) is 0 Å². The summed E-state index contributed by atoms with van der Waals surface area (Å²) in [7, 11) is 3.76. The summed E-state index contributed by atoms with van der Waals surface area (Å²) in [6.07, 6.45) is 0.860. The predicted molar refractivity (Wildman–Crippen MR) is 124 cm³/mol. The molecule has 0 spiro atoms. The molecule has 0 aromatic heterocycles. The maximum Gasteiger partial charge on any atom is 0.221 e. The molecule has 0 bridgehead atoms. The Labute approximate surface area is 183 Å². The van der Waals surface area contributed by atoms with E-state index in [1.165, 1.54) is 12.5 Å². The van der Waals surface area contributed by atoms with Crippen LogP contribution in [0.15, 0.2) is 53.5 Å². The number of halogens is 2. The molecular weight excluding hydrogens is 475 g/mol. The Morgan fingerprint density at radius 3 is 2.41 bits per heavy atom. The summed E-state index contributed by atoms with van der Waals surface area (Å²) in [5.41, 5.74) is 3.06. The van der Waals surface area contributed by atoms with Crippen LogP contribution in [0.2, 0.25) is 5.02 Å². The summed E-state index contributed by atoms with van der Waals surface area (Å²) in [4.78, 5) is 17.4. The number of hydrogen-bond acceptors (Lipinski definition) is 2. The van der Waals surface area contributed by atoms with Gasteiger partial charge in [0, 0.05) is 44.8 Å². The fraction of sp³-hybridized carbons (Fsp3) is 0.300. The van der Waals surface area contributed by atoms with E-state index in [1.807, 2.05) is 60.5 Å². The average Bonchev–Trinajstić information content (AvgIpc) is 2.61. The highest BCUT2D eigenvalue weighted by molar-refractivity contribution is 14.0. The van der Waals surface area contributed by atoms with Crippen molar-refractivity contribution in [3.63, 3.8) is 0 Å². The van der Waals surface area contributed by atoms with Crippen molar-refractivity contribution in [3.8, 4) is 0 Å². The zero-order valence-electron chi connectivity index (χ0n) is 15.8. The van der Waals surface area contributed by atoms with Crippen molar-refractivity contribution in [3.05, 3.63) is 64.7 Å². The van der Waals surface area contributed by atoms with Crippen molar-refractivity contribution in [2.24, 2.45) is 4.99 Å². The first kappa shape index (κ1) is 23.2. The number of anilines is 1. The maximum absolute atomic E-state index is 11.0. The molecule has 146 valence electrons. The number of benzene rings is 2. The lowest BCUT2D eigenvalue weighted by atomic mass is 10.1. The molecule has 2 rings (SSSR count). The number of carbonyl (C=O) groups excluding carboxylic acids is 1. The van der Waals surface area contributed by atoms with Crippen LogP contribution in [0.5, 0.6) is 0 Å². The van der Waals surface area contributed by atoms with Gasteiger partial charge in [-0.3, -0.25) is 9.79 Å². The van der Waals surface area contributed by atoms with Crippen molar-refractivity contribution >= 4 is 53.1 Å². The summed E-state index contributed by atoms with van der Waals surface area (Å²) in [6, 6.07) is 15.7. The third kappa shape index (κ3) is 7.76. The lowest BCUT2D eigenvalue weighted by Crippen LogP contribution is -2.39. The molecule has 0 fully saturated rings. The van der Waals surface area contributed by atoms with Crippen molar-refractivity contribution in [1.29, 1.82) is 0 Å². The molecule has 0 aliphatic heterocycles. The molecule has 27 heavy (non-hydrogen) atoms. The zero-order chi connectivity index (χ0) is 18.9. The van der Waals surface area contributed by atoms with Crippen LogP contribution in [0.3, 0.4) is 0 Å². The average molecular weight is 501 g/mol. The second kappa shape index (κ2) is 11.8. The molecule has 0 saturated heterocycles. The SMILES string of the molecule is CN=C(NCCc1ccc(NC(C)=O)cc1)N(C)Cc1ccccc1Cl.I. The summed E-state index contributed by atoms with van der Waals surface area (Å²) in [5.74, 6) is 0.754. The van der Waals surface area contributed by atoms with Gasteiger partial charge in [-0.25, -0.2) is 0 Å². The quantitative estimate of drug-likeness (QED) is 0.356. The highest BCUT2D eigenvalue weighted by atomic mass is 127. The molecular formula is C20H26ClIN4O. The Balaban J connectivity index is 0.00000364. The Bertz CT molecular complexity index is 765. The van der Waals surface area contributed by atoms with E-state index in [0.29, 0.717) is 6.54 Å². The lowest BCUT2D eigenvalue weighted by Gasteiger charge is -2.22. The number of rotatable bonds is 6. The van der Waals surface area contributed by atoms with Crippen LogP contribution in [-0.2, 0) is 17.8 Å². The molecule has 1 amide bonds. The maximum atomic E-state index is 11.0. The van der Waals surface area contributed by atoms with Gasteiger partial charge in [0.1, 0.15) is 0 Å². The molecule has 5 nitrogen and oxygen atoms in total. The van der Waals surface area contributed by atoms with E-state index in [4.69, 9.17) is 11.6 Å². The van der Waals surface area contributed by atoms with Gasteiger partial charge < -0.3 is 15.5 Å². The largest absolute Gasteiger partial charge is 0.356 e. The van der Waals surface area contributed by atoms with Crippen molar-refractivity contribution in [1.82, 2.24) is 10.2 Å². The summed E-state index contributed by atoms with van der Waals surface area (Å²) in [6.45, 7) is 2.95. The van der Waals surface area contributed by atoms with Gasteiger partial charge in [-0.2, -0.15) is 0 Å². The Kier molecular flexibility index (Phi) is 10.2. The standard InChI is InChI=1S/C20H25ClN4O.HI/c1-15(26)24-18-10-8-16(9-11-18)12-13-23-20(22-2)25(3)14-17-6-4-5-7-19(17)21;/h4-11H,12-14H2,1-3H3,(H,22,23)(H,24,26);1H. The zero-order valence-corrected chi connectivity index (χ0v) is 18.9. The summed E-state index contributed by atoms with van der Waals surface area (Å²) >= 11 is 6.23. The normalized spacial score (nSPS) is 10.7. The number of carbonyl (C=O) groups is 1. The number of amides is 1. The van der Waals surface area contributed by atoms with E-state index in [1.54, 1.807) is 7.05 Å². The molecule has 0 aliphatic rings. The monoisotopic (exact) mass is 500 g/mol. The first-order chi connectivity index (χ1) is 12.5. The van der Waals surface area contributed by atoms with Crippen molar-refractivity contribution in [2.75, 3.05) is 26.0 Å². The van der Waals surface area contributed by atoms with Crippen molar-refractivity contribution in [2.45, 2.75) is 19.9 Å². The smallest absolute Gasteiger partial charge is 0.221 e. The first-order valence-electron chi connectivity index (χ1n) is 8.51. The lowest BCUT2D eigenvalue weighted by molar-refractivity contribution is -0.114. The van der Waals surface area contributed by atoms with Gasteiger partial charge in [0.2, 0.25) is 5.91 Å². The van der Waals surface area contributed by atoms with Crippen LogP contribution in [-0.4, -0.2) is 37.4 Å². The topological polar surface area (TPSA) is 56.7 Å². The number of nitrogens with zero attached hydrogens (tertiary/aromatic N) is 2. The minimum absolute atomic E-state index is 0. The number of guanidine groups is 1. The van der Waals surface area contributed by atoms with Crippen LogP contribution in [0.1, 0.15) is 18.1 Å². The van der Waals surface area contributed by atoms with E-state index >= 15 is 0 Å². The van der Waals surface area contributed by atoms with E-state index in [0.717, 1.165) is 35.2 Å². The molecule has 0 heterocycles.